The third-order valence-electron chi connectivity index (χ3n) is 4.86. The van der Waals surface area contributed by atoms with E-state index in [9.17, 15) is 14.4 Å². The number of amides is 2. The Kier molecular flexibility index (Phi) is 5.94. The van der Waals surface area contributed by atoms with Crippen molar-refractivity contribution in [3.8, 4) is 0 Å². The molecule has 148 valence electrons. The molecule has 2 aromatic heterocycles. The molecule has 2 unspecified atom stereocenters. The first-order valence-corrected chi connectivity index (χ1v) is 9.54. The summed E-state index contributed by atoms with van der Waals surface area (Å²) in [6, 6.07) is 0.971. The van der Waals surface area contributed by atoms with Crippen LogP contribution in [0.4, 0.5) is 0 Å². The lowest BCUT2D eigenvalue weighted by Gasteiger charge is -2.34. The van der Waals surface area contributed by atoms with E-state index in [1.165, 1.54) is 11.3 Å². The maximum Gasteiger partial charge on any atom is 0.305 e. The first-order valence-electron chi connectivity index (χ1n) is 8.72. The highest BCUT2D eigenvalue weighted by Crippen LogP contribution is 2.27. The highest BCUT2D eigenvalue weighted by molar-refractivity contribution is 7.20. The minimum absolute atomic E-state index is 0.0847. The van der Waals surface area contributed by atoms with E-state index in [0.717, 1.165) is 15.9 Å². The Bertz CT molecular complexity index is 851. The number of aromatic nitrogens is 2. The van der Waals surface area contributed by atoms with Gasteiger partial charge in [-0.1, -0.05) is 13.8 Å². The molecule has 2 rings (SSSR count). The Labute approximate surface area is 161 Å². The van der Waals surface area contributed by atoms with Gasteiger partial charge in [0.2, 0.25) is 5.91 Å². The SMILES string of the molecule is Cc1nn(C)c2sc(C(=O)NC(C)C(=O)NC(C)(CC(=O)O)C(C)C)cc12. The minimum atomic E-state index is -0.988. The van der Waals surface area contributed by atoms with Gasteiger partial charge in [-0.25, -0.2) is 0 Å². The van der Waals surface area contributed by atoms with Gasteiger partial charge in [-0.05, 0) is 32.8 Å². The highest BCUT2D eigenvalue weighted by atomic mass is 32.1. The van der Waals surface area contributed by atoms with Crippen molar-refractivity contribution >= 4 is 39.3 Å². The molecule has 27 heavy (non-hydrogen) atoms. The summed E-state index contributed by atoms with van der Waals surface area (Å²) in [5, 5.41) is 19.8. The summed E-state index contributed by atoms with van der Waals surface area (Å²) in [7, 11) is 1.82. The number of carbonyl (C=O) groups is 3. The molecular weight excluding hydrogens is 368 g/mol. The van der Waals surface area contributed by atoms with Crippen molar-refractivity contribution in [3.05, 3.63) is 16.6 Å². The van der Waals surface area contributed by atoms with Crippen LogP contribution in [0.5, 0.6) is 0 Å². The van der Waals surface area contributed by atoms with E-state index in [1.54, 1.807) is 24.6 Å². The molecule has 0 aliphatic rings. The van der Waals surface area contributed by atoms with Crippen LogP contribution in [0.1, 0.15) is 49.5 Å². The number of carboxylic acid groups (broad SMARTS) is 1. The van der Waals surface area contributed by atoms with Gasteiger partial charge in [0, 0.05) is 12.4 Å². The van der Waals surface area contributed by atoms with Gasteiger partial charge < -0.3 is 15.7 Å². The van der Waals surface area contributed by atoms with Gasteiger partial charge in [0.1, 0.15) is 10.9 Å². The lowest BCUT2D eigenvalue weighted by atomic mass is 9.85. The molecule has 0 saturated carbocycles. The minimum Gasteiger partial charge on any atom is -0.481 e. The summed E-state index contributed by atoms with van der Waals surface area (Å²) >= 11 is 1.31. The predicted octanol–water partition coefficient (Wildman–Crippen LogP) is 2.07. The molecule has 3 N–H and O–H groups in total. The third-order valence-corrected chi connectivity index (χ3v) is 6.06. The van der Waals surface area contributed by atoms with Crippen molar-refractivity contribution in [1.82, 2.24) is 20.4 Å². The smallest absolute Gasteiger partial charge is 0.305 e. The fourth-order valence-corrected chi connectivity index (χ4v) is 3.77. The zero-order chi connectivity index (χ0) is 20.5. The van der Waals surface area contributed by atoms with Gasteiger partial charge in [0.25, 0.3) is 5.91 Å². The summed E-state index contributed by atoms with van der Waals surface area (Å²) in [5.74, 6) is -1.83. The van der Waals surface area contributed by atoms with Crippen molar-refractivity contribution in [2.24, 2.45) is 13.0 Å². The molecule has 2 atom stereocenters. The molecule has 2 aromatic rings. The van der Waals surface area contributed by atoms with Gasteiger partial charge >= 0.3 is 5.97 Å². The summed E-state index contributed by atoms with van der Waals surface area (Å²) in [6.45, 7) is 8.84. The third kappa shape index (κ3) is 4.47. The van der Waals surface area contributed by atoms with Crippen molar-refractivity contribution in [2.75, 3.05) is 0 Å². The number of nitrogens with zero attached hydrogens (tertiary/aromatic N) is 2. The molecule has 0 aliphatic carbocycles. The molecule has 9 heteroatoms. The van der Waals surface area contributed by atoms with Crippen molar-refractivity contribution in [3.63, 3.8) is 0 Å². The summed E-state index contributed by atoms with van der Waals surface area (Å²) in [4.78, 5) is 37.5. The molecule has 2 heterocycles. The van der Waals surface area contributed by atoms with E-state index in [2.05, 4.69) is 15.7 Å². The number of nitrogens with one attached hydrogen (secondary N) is 2. The number of hydrogen-bond acceptors (Lipinski definition) is 5. The van der Waals surface area contributed by atoms with Crippen LogP contribution in [0.2, 0.25) is 0 Å². The molecule has 0 bridgehead atoms. The molecular formula is C18H26N4O4S. The molecule has 0 aliphatic heterocycles. The van der Waals surface area contributed by atoms with Crippen LogP contribution >= 0.6 is 11.3 Å². The van der Waals surface area contributed by atoms with Gasteiger partial charge in [0.15, 0.2) is 0 Å². The average Bonchev–Trinajstić information content (AvgIpc) is 3.08. The molecule has 0 aromatic carbocycles. The molecule has 2 amide bonds. The largest absolute Gasteiger partial charge is 0.481 e. The Balaban J connectivity index is 2.09. The van der Waals surface area contributed by atoms with Crippen LogP contribution in [-0.2, 0) is 16.6 Å². The first-order chi connectivity index (χ1) is 12.4. The maximum absolute atomic E-state index is 12.5. The van der Waals surface area contributed by atoms with Crippen molar-refractivity contribution in [1.29, 1.82) is 0 Å². The fraction of sp³-hybridized carbons (Fsp3) is 0.556. The second-order valence-electron chi connectivity index (χ2n) is 7.37. The van der Waals surface area contributed by atoms with Gasteiger partial charge in [-0.2, -0.15) is 5.10 Å². The molecule has 0 spiro atoms. The van der Waals surface area contributed by atoms with E-state index in [4.69, 9.17) is 5.11 Å². The van der Waals surface area contributed by atoms with Crippen LogP contribution in [0.15, 0.2) is 6.07 Å². The van der Waals surface area contributed by atoms with Crippen LogP contribution < -0.4 is 10.6 Å². The van der Waals surface area contributed by atoms with Crippen LogP contribution in [0.3, 0.4) is 0 Å². The maximum atomic E-state index is 12.5. The number of fused-ring (bicyclic) bond motifs is 1. The Morgan fingerprint density at radius 1 is 1.33 bits per heavy atom. The fourth-order valence-electron chi connectivity index (χ4n) is 2.75. The summed E-state index contributed by atoms with van der Waals surface area (Å²) in [6.07, 6.45) is -0.195. The second kappa shape index (κ2) is 7.67. The number of thiophene rings is 1. The number of hydrogen-bond donors (Lipinski definition) is 3. The Morgan fingerprint density at radius 3 is 2.48 bits per heavy atom. The van der Waals surface area contributed by atoms with E-state index in [-0.39, 0.29) is 18.2 Å². The van der Waals surface area contributed by atoms with E-state index in [0.29, 0.717) is 4.88 Å². The molecule has 0 fully saturated rings. The number of carboxylic acids is 1. The molecule has 0 saturated heterocycles. The zero-order valence-electron chi connectivity index (χ0n) is 16.4. The zero-order valence-corrected chi connectivity index (χ0v) is 17.2. The lowest BCUT2D eigenvalue weighted by Crippen LogP contribution is -2.56. The van der Waals surface area contributed by atoms with E-state index >= 15 is 0 Å². The standard InChI is InChI=1S/C18H26N4O4S/c1-9(2)18(5,8-14(23)24)20-15(25)11(4)19-16(26)13-7-12-10(3)21-22(6)17(12)27-13/h7,9,11H,8H2,1-6H3,(H,19,26)(H,20,25)(H,23,24). The molecule has 8 nitrogen and oxygen atoms in total. The van der Waals surface area contributed by atoms with Crippen molar-refractivity contribution in [2.45, 2.75) is 52.6 Å². The summed E-state index contributed by atoms with van der Waals surface area (Å²) < 4.78 is 1.72. The van der Waals surface area contributed by atoms with E-state index in [1.807, 2.05) is 27.8 Å². The monoisotopic (exact) mass is 394 g/mol. The van der Waals surface area contributed by atoms with Crippen LogP contribution in [0.25, 0.3) is 10.2 Å². The number of carbonyl (C=O) groups excluding carboxylic acids is 2. The average molecular weight is 394 g/mol. The van der Waals surface area contributed by atoms with Crippen LogP contribution in [-0.4, -0.2) is 44.3 Å². The Morgan fingerprint density at radius 2 is 1.96 bits per heavy atom. The lowest BCUT2D eigenvalue weighted by molar-refractivity contribution is -0.139. The number of aryl methyl sites for hydroxylation is 2. The first kappa shape index (κ1) is 20.9. The number of rotatable bonds is 7. The second-order valence-corrected chi connectivity index (χ2v) is 8.40. The normalized spacial score (nSPS) is 14.8. The van der Waals surface area contributed by atoms with Crippen LogP contribution in [0, 0.1) is 12.8 Å². The van der Waals surface area contributed by atoms with Gasteiger partial charge in [-0.3, -0.25) is 19.1 Å². The molecule has 0 radical (unpaired) electrons. The topological polar surface area (TPSA) is 113 Å². The predicted molar refractivity (Wildman–Crippen MR) is 104 cm³/mol. The van der Waals surface area contributed by atoms with Gasteiger partial charge in [-0.15, -0.1) is 11.3 Å². The number of aliphatic carboxylic acids is 1. The Hall–Kier alpha value is -2.42. The van der Waals surface area contributed by atoms with Gasteiger partial charge in [0.05, 0.1) is 22.5 Å². The quantitative estimate of drug-likeness (QED) is 0.665. The van der Waals surface area contributed by atoms with Crippen molar-refractivity contribution < 1.29 is 19.5 Å². The van der Waals surface area contributed by atoms with E-state index < -0.39 is 23.5 Å². The summed E-state index contributed by atoms with van der Waals surface area (Å²) in [5.41, 5.74) is -0.0579. The highest BCUT2D eigenvalue weighted by Gasteiger charge is 2.34.